The van der Waals surface area contributed by atoms with Crippen molar-refractivity contribution in [2.45, 2.75) is 78.3 Å². The van der Waals surface area contributed by atoms with Crippen molar-refractivity contribution in [2.75, 3.05) is 12.8 Å². The number of rotatable bonds is 13. The third-order valence-corrected chi connectivity index (χ3v) is 22.4. The Bertz CT molecular complexity index is 1240. The summed E-state index contributed by atoms with van der Waals surface area (Å²) in [5.74, 6) is -0.373. The number of hydrogen-bond donors (Lipinski definition) is 0. The first-order valence-corrected chi connectivity index (χ1v) is 28.0. The minimum absolute atomic E-state index is 0.0827. The second kappa shape index (κ2) is 12.5. The molecule has 3 atom stereocenters. The van der Waals surface area contributed by atoms with Crippen LogP contribution in [0, 0.1) is 5.92 Å². The highest BCUT2D eigenvalue weighted by Crippen LogP contribution is 2.55. The molecular formula is C28H47O7PSi4. The molecule has 0 fully saturated rings. The van der Waals surface area contributed by atoms with Gasteiger partial charge in [0.15, 0.2) is 16.6 Å². The lowest BCUT2D eigenvalue weighted by atomic mass is 10.0. The molecule has 0 saturated carbocycles. The molecular weight excluding hydrogens is 592 g/mol. The average Bonchev–Trinajstić information content (AvgIpc) is 2.78. The van der Waals surface area contributed by atoms with Crippen molar-refractivity contribution < 1.29 is 31.0 Å². The molecule has 0 aliphatic carbocycles. The number of fused-ring (bicyclic) bond motifs is 3. The van der Waals surface area contributed by atoms with Crippen molar-refractivity contribution in [1.82, 2.24) is 0 Å². The standard InChI is InChI=1S/C28H47O7PSi4/c1-23(22-36(30)27-19-14-12-17-25(27)24-16-11-13-18-26(24)32-36)28(29)31-20-15-21-40(10,34-38(5,6)7)35-39(8,9)33-37(2,3)4/h11-14,16-19,23H,15,20-22H2,1-10H3. The molecule has 1 aliphatic heterocycles. The number of esters is 1. The van der Waals surface area contributed by atoms with Gasteiger partial charge in [0.1, 0.15) is 5.75 Å². The van der Waals surface area contributed by atoms with E-state index in [9.17, 15) is 9.36 Å². The van der Waals surface area contributed by atoms with Crippen LogP contribution in [0.5, 0.6) is 5.75 Å². The second-order valence-corrected chi connectivity index (χ2v) is 32.0. The van der Waals surface area contributed by atoms with E-state index in [2.05, 4.69) is 58.9 Å². The first-order chi connectivity index (χ1) is 18.3. The first-order valence-electron chi connectivity index (χ1n) is 14.1. The van der Waals surface area contributed by atoms with E-state index in [0.717, 1.165) is 11.1 Å². The fourth-order valence-electron chi connectivity index (χ4n) is 5.30. The molecule has 2 aromatic rings. The van der Waals surface area contributed by atoms with E-state index in [4.69, 9.17) is 21.6 Å². The van der Waals surface area contributed by atoms with Crippen LogP contribution < -0.4 is 9.83 Å². The molecule has 0 N–H and O–H groups in total. The molecule has 0 radical (unpaired) electrons. The maximum atomic E-state index is 14.1. The molecule has 0 amide bonds. The normalized spacial score (nSPS) is 19.6. The molecule has 0 aromatic heterocycles. The van der Waals surface area contributed by atoms with Crippen molar-refractivity contribution in [3.63, 3.8) is 0 Å². The van der Waals surface area contributed by atoms with Crippen molar-refractivity contribution in [3.8, 4) is 16.9 Å². The number of para-hydroxylation sites is 1. The van der Waals surface area contributed by atoms with Crippen LogP contribution >= 0.6 is 7.37 Å². The SMILES string of the molecule is CC(CP1(=O)Oc2ccccc2-c2ccccc21)C(=O)OCCC[Si](C)(O[Si](C)(C)C)O[Si](C)(C)O[Si](C)(C)C. The zero-order valence-electron chi connectivity index (χ0n) is 25.8. The summed E-state index contributed by atoms with van der Waals surface area (Å²) in [4.78, 5) is 13.0. The van der Waals surface area contributed by atoms with Crippen molar-refractivity contribution in [2.24, 2.45) is 5.92 Å². The number of hydrogen-bond acceptors (Lipinski definition) is 7. The number of carbonyl (C=O) groups is 1. The molecule has 2 aromatic carbocycles. The third-order valence-electron chi connectivity index (χ3n) is 6.17. The molecule has 0 saturated heterocycles. The Morgan fingerprint density at radius 3 is 2.02 bits per heavy atom. The van der Waals surface area contributed by atoms with Gasteiger partial charge in [0.05, 0.1) is 24.0 Å². The number of ether oxygens (including phenoxy) is 1. The van der Waals surface area contributed by atoms with Gasteiger partial charge in [-0.1, -0.05) is 43.3 Å². The van der Waals surface area contributed by atoms with Gasteiger partial charge >= 0.3 is 23.1 Å². The van der Waals surface area contributed by atoms with Crippen LogP contribution in [0.15, 0.2) is 48.5 Å². The first kappa shape index (κ1) is 33.2. The van der Waals surface area contributed by atoms with E-state index in [1.54, 1.807) is 6.92 Å². The lowest BCUT2D eigenvalue weighted by Gasteiger charge is -2.41. The second-order valence-electron chi connectivity index (χ2n) is 13.2. The van der Waals surface area contributed by atoms with Crippen molar-refractivity contribution >= 4 is 52.4 Å². The van der Waals surface area contributed by atoms with Gasteiger partial charge < -0.3 is 21.6 Å². The topological polar surface area (TPSA) is 80.3 Å². The molecule has 7 nitrogen and oxygen atoms in total. The predicted molar refractivity (Wildman–Crippen MR) is 173 cm³/mol. The summed E-state index contributed by atoms with van der Waals surface area (Å²) in [6, 6.07) is 15.9. The highest BCUT2D eigenvalue weighted by Gasteiger charge is 2.44. The number of benzene rings is 2. The summed E-state index contributed by atoms with van der Waals surface area (Å²) in [5, 5.41) is 0.656. The molecule has 222 valence electrons. The number of carbonyl (C=O) groups excluding carboxylic acids is 1. The monoisotopic (exact) mass is 638 g/mol. The van der Waals surface area contributed by atoms with Gasteiger partial charge in [0.2, 0.25) is 0 Å². The maximum absolute atomic E-state index is 14.1. The van der Waals surface area contributed by atoms with E-state index in [1.807, 2.05) is 48.5 Å². The molecule has 3 rings (SSSR count). The van der Waals surface area contributed by atoms with Gasteiger partial charge in [0, 0.05) is 5.56 Å². The van der Waals surface area contributed by atoms with Gasteiger partial charge in [0.25, 0.3) is 7.37 Å². The predicted octanol–water partition coefficient (Wildman–Crippen LogP) is 7.71. The Balaban J connectivity index is 1.62. The summed E-state index contributed by atoms with van der Waals surface area (Å²) >= 11 is 0. The highest BCUT2D eigenvalue weighted by molar-refractivity contribution is 7.67. The van der Waals surface area contributed by atoms with Gasteiger partial charge in [-0.25, -0.2) is 0 Å². The van der Waals surface area contributed by atoms with E-state index >= 15 is 0 Å². The Labute approximate surface area is 245 Å². The zero-order chi connectivity index (χ0) is 30.0. The highest BCUT2D eigenvalue weighted by atomic mass is 31.2. The molecule has 0 bridgehead atoms. The summed E-state index contributed by atoms with van der Waals surface area (Å²) in [6.07, 6.45) is 0.715. The van der Waals surface area contributed by atoms with Crippen LogP contribution in [-0.2, 0) is 26.4 Å². The smallest absolute Gasteiger partial charge is 0.315 e. The van der Waals surface area contributed by atoms with Gasteiger partial charge in [-0.05, 0) is 89.1 Å². The third kappa shape index (κ3) is 9.35. The van der Waals surface area contributed by atoms with E-state index < -0.39 is 47.0 Å². The van der Waals surface area contributed by atoms with Crippen LogP contribution in [-0.4, -0.2) is 52.5 Å². The lowest BCUT2D eigenvalue weighted by Crippen LogP contribution is -2.56. The van der Waals surface area contributed by atoms with E-state index in [-0.39, 0.29) is 18.7 Å². The minimum atomic E-state index is -3.31. The minimum Gasteiger partial charge on any atom is -0.465 e. The Morgan fingerprint density at radius 2 is 1.40 bits per heavy atom. The molecule has 1 aliphatic rings. The van der Waals surface area contributed by atoms with Gasteiger partial charge in [-0.2, -0.15) is 0 Å². The molecule has 40 heavy (non-hydrogen) atoms. The molecule has 0 spiro atoms. The van der Waals surface area contributed by atoms with E-state index in [0.29, 0.717) is 23.5 Å². The zero-order valence-corrected chi connectivity index (χ0v) is 30.7. The van der Waals surface area contributed by atoms with Crippen molar-refractivity contribution in [3.05, 3.63) is 48.5 Å². The fourth-order valence-corrected chi connectivity index (χ4v) is 25.8. The fraction of sp³-hybridized carbons (Fsp3) is 0.536. The summed E-state index contributed by atoms with van der Waals surface area (Å²) < 4.78 is 45.7. The lowest BCUT2D eigenvalue weighted by molar-refractivity contribution is -0.147. The van der Waals surface area contributed by atoms with Crippen LogP contribution in [0.1, 0.15) is 13.3 Å². The molecule has 12 heteroatoms. The summed E-state index contributed by atoms with van der Waals surface area (Å²) in [5.41, 5.74) is 1.81. The quantitative estimate of drug-likeness (QED) is 0.0962. The largest absolute Gasteiger partial charge is 0.465 e. The maximum Gasteiger partial charge on any atom is 0.315 e. The van der Waals surface area contributed by atoms with Crippen LogP contribution in [0.25, 0.3) is 11.1 Å². The summed E-state index contributed by atoms with van der Waals surface area (Å²) in [7, 11) is -11.9. The molecule has 1 heterocycles. The van der Waals surface area contributed by atoms with E-state index in [1.165, 1.54) is 0 Å². The Morgan fingerprint density at radius 1 is 0.825 bits per heavy atom. The summed E-state index contributed by atoms with van der Waals surface area (Å²) in [6.45, 7) is 21.3. The van der Waals surface area contributed by atoms with Gasteiger partial charge in [-0.15, -0.1) is 0 Å². The average molecular weight is 639 g/mol. The van der Waals surface area contributed by atoms with Crippen LogP contribution in [0.2, 0.25) is 65.0 Å². The van der Waals surface area contributed by atoms with Crippen molar-refractivity contribution in [1.29, 1.82) is 0 Å². The van der Waals surface area contributed by atoms with Crippen LogP contribution in [0.3, 0.4) is 0 Å². The molecule has 3 unspecified atom stereocenters. The Kier molecular flexibility index (Phi) is 10.4. The van der Waals surface area contributed by atoms with Crippen LogP contribution in [0.4, 0.5) is 0 Å². The Hall–Kier alpha value is -1.31. The van der Waals surface area contributed by atoms with Gasteiger partial charge in [-0.3, -0.25) is 9.36 Å².